The third kappa shape index (κ3) is 3.76. The Morgan fingerprint density at radius 1 is 1.32 bits per heavy atom. The average Bonchev–Trinajstić information content (AvgIpc) is 2.94. The van der Waals surface area contributed by atoms with Gasteiger partial charge in [-0.25, -0.2) is 0 Å². The molecular weight excluding hydrogens is 274 g/mol. The number of unbranched alkanes of at least 4 members (excludes halogenated alkanes) is 3. The lowest BCUT2D eigenvalue weighted by molar-refractivity contribution is -0.106. The molecule has 0 bridgehead atoms. The topological polar surface area (TPSA) is 45.7 Å². The number of ether oxygens (including phenoxy) is 1. The SMILES string of the molecule is CCCCCCC(C)NC(=NC)NC1C2CCOC2C1(C)C. The van der Waals surface area contributed by atoms with Crippen molar-refractivity contribution in [1.82, 2.24) is 10.6 Å². The molecule has 0 radical (unpaired) electrons. The van der Waals surface area contributed by atoms with E-state index in [0.29, 0.717) is 24.1 Å². The molecule has 1 aliphatic heterocycles. The van der Waals surface area contributed by atoms with Gasteiger partial charge in [0.25, 0.3) is 0 Å². The first kappa shape index (κ1) is 17.6. The van der Waals surface area contributed by atoms with Crippen LogP contribution in [0.2, 0.25) is 0 Å². The number of guanidine groups is 1. The van der Waals surface area contributed by atoms with Gasteiger partial charge >= 0.3 is 0 Å². The largest absolute Gasteiger partial charge is 0.377 e. The maximum atomic E-state index is 5.87. The van der Waals surface area contributed by atoms with Crippen LogP contribution in [0.15, 0.2) is 4.99 Å². The highest BCUT2D eigenvalue weighted by molar-refractivity contribution is 5.80. The first-order valence-corrected chi connectivity index (χ1v) is 9.12. The Labute approximate surface area is 136 Å². The minimum Gasteiger partial charge on any atom is -0.377 e. The summed E-state index contributed by atoms with van der Waals surface area (Å²) in [6, 6.07) is 0.945. The molecule has 1 saturated carbocycles. The Balaban J connectivity index is 1.78. The van der Waals surface area contributed by atoms with Gasteiger partial charge in [0.15, 0.2) is 5.96 Å². The van der Waals surface area contributed by atoms with E-state index in [0.717, 1.165) is 12.6 Å². The van der Waals surface area contributed by atoms with Gasteiger partial charge in [-0.05, 0) is 19.8 Å². The predicted octanol–water partition coefficient (Wildman–Crippen LogP) is 3.32. The Hall–Kier alpha value is -0.770. The third-order valence-corrected chi connectivity index (χ3v) is 5.49. The molecule has 2 aliphatic rings. The van der Waals surface area contributed by atoms with E-state index in [9.17, 15) is 0 Å². The lowest BCUT2D eigenvalue weighted by Gasteiger charge is -2.55. The summed E-state index contributed by atoms with van der Waals surface area (Å²) >= 11 is 0. The molecule has 1 aliphatic carbocycles. The van der Waals surface area contributed by atoms with Gasteiger partial charge in [-0.1, -0.05) is 46.5 Å². The number of hydrogen-bond donors (Lipinski definition) is 2. The highest BCUT2D eigenvalue weighted by atomic mass is 16.5. The minimum atomic E-state index is 0.198. The van der Waals surface area contributed by atoms with Crippen molar-refractivity contribution in [3.63, 3.8) is 0 Å². The zero-order chi connectivity index (χ0) is 16.2. The summed E-state index contributed by atoms with van der Waals surface area (Å²) in [5.41, 5.74) is 0.198. The van der Waals surface area contributed by atoms with Crippen molar-refractivity contribution in [2.75, 3.05) is 13.7 Å². The van der Waals surface area contributed by atoms with Gasteiger partial charge in [0.1, 0.15) is 0 Å². The second-order valence-corrected chi connectivity index (χ2v) is 7.65. The van der Waals surface area contributed by atoms with Crippen LogP contribution in [-0.2, 0) is 4.74 Å². The number of nitrogens with zero attached hydrogens (tertiary/aromatic N) is 1. The molecule has 4 atom stereocenters. The Morgan fingerprint density at radius 3 is 2.77 bits per heavy atom. The van der Waals surface area contributed by atoms with Crippen molar-refractivity contribution in [1.29, 1.82) is 0 Å². The highest BCUT2D eigenvalue weighted by Gasteiger charge is 2.59. The summed E-state index contributed by atoms with van der Waals surface area (Å²) in [6.45, 7) is 10.0. The molecular formula is C18H35N3O. The van der Waals surface area contributed by atoms with E-state index < -0.39 is 0 Å². The van der Waals surface area contributed by atoms with Crippen molar-refractivity contribution < 1.29 is 4.74 Å². The van der Waals surface area contributed by atoms with Crippen molar-refractivity contribution in [2.24, 2.45) is 16.3 Å². The second kappa shape index (κ2) is 7.67. The average molecular weight is 309 g/mol. The number of rotatable bonds is 7. The van der Waals surface area contributed by atoms with Crippen LogP contribution >= 0.6 is 0 Å². The van der Waals surface area contributed by atoms with Crippen LogP contribution in [0.5, 0.6) is 0 Å². The van der Waals surface area contributed by atoms with Crippen molar-refractivity contribution in [2.45, 2.75) is 84.4 Å². The number of fused-ring (bicyclic) bond motifs is 1. The van der Waals surface area contributed by atoms with Gasteiger partial charge in [0, 0.05) is 37.1 Å². The van der Waals surface area contributed by atoms with Crippen LogP contribution in [0.1, 0.15) is 66.2 Å². The van der Waals surface area contributed by atoms with E-state index in [4.69, 9.17) is 4.74 Å². The number of hydrogen-bond acceptors (Lipinski definition) is 2. The lowest BCUT2D eigenvalue weighted by Crippen LogP contribution is -2.68. The van der Waals surface area contributed by atoms with Crippen LogP contribution in [0, 0.1) is 11.3 Å². The maximum Gasteiger partial charge on any atom is 0.191 e. The van der Waals surface area contributed by atoms with Gasteiger partial charge < -0.3 is 15.4 Å². The molecule has 128 valence electrons. The highest BCUT2D eigenvalue weighted by Crippen LogP contribution is 2.52. The molecule has 0 spiro atoms. The first-order chi connectivity index (χ1) is 10.5. The molecule has 2 fully saturated rings. The monoisotopic (exact) mass is 309 g/mol. The van der Waals surface area contributed by atoms with Gasteiger partial charge in [0.05, 0.1) is 6.10 Å². The fourth-order valence-corrected chi connectivity index (χ4v) is 4.12. The van der Waals surface area contributed by atoms with E-state index in [-0.39, 0.29) is 5.41 Å². The zero-order valence-corrected chi connectivity index (χ0v) is 15.1. The first-order valence-electron chi connectivity index (χ1n) is 9.12. The number of nitrogens with one attached hydrogen (secondary N) is 2. The molecule has 0 aromatic carbocycles. The summed E-state index contributed by atoms with van der Waals surface area (Å²) in [7, 11) is 1.87. The Bertz CT molecular complexity index is 381. The van der Waals surface area contributed by atoms with Gasteiger partial charge in [-0.3, -0.25) is 4.99 Å². The Morgan fingerprint density at radius 2 is 2.09 bits per heavy atom. The summed E-state index contributed by atoms with van der Waals surface area (Å²) in [4.78, 5) is 4.43. The van der Waals surface area contributed by atoms with E-state index in [1.165, 1.54) is 38.5 Å². The smallest absolute Gasteiger partial charge is 0.191 e. The van der Waals surface area contributed by atoms with Crippen molar-refractivity contribution >= 4 is 5.96 Å². The summed E-state index contributed by atoms with van der Waals surface area (Å²) in [5, 5.41) is 7.21. The normalized spacial score (nSPS) is 31.3. The van der Waals surface area contributed by atoms with Crippen LogP contribution in [0.4, 0.5) is 0 Å². The molecule has 0 aromatic heterocycles. The molecule has 1 saturated heterocycles. The molecule has 4 nitrogen and oxygen atoms in total. The van der Waals surface area contributed by atoms with Crippen LogP contribution < -0.4 is 10.6 Å². The van der Waals surface area contributed by atoms with Gasteiger partial charge in [-0.2, -0.15) is 0 Å². The van der Waals surface area contributed by atoms with E-state index in [1.807, 2.05) is 7.05 Å². The fraction of sp³-hybridized carbons (Fsp3) is 0.944. The quantitative estimate of drug-likeness (QED) is 0.431. The molecule has 4 heteroatoms. The molecule has 0 amide bonds. The Kier molecular flexibility index (Phi) is 6.13. The molecule has 22 heavy (non-hydrogen) atoms. The summed E-state index contributed by atoms with van der Waals surface area (Å²) in [6.07, 6.45) is 8.09. The number of aliphatic imine (C=N–C) groups is 1. The van der Waals surface area contributed by atoms with Crippen LogP contribution in [0.25, 0.3) is 0 Å². The van der Waals surface area contributed by atoms with E-state index in [1.54, 1.807) is 0 Å². The molecule has 4 unspecified atom stereocenters. The zero-order valence-electron chi connectivity index (χ0n) is 15.1. The van der Waals surface area contributed by atoms with Crippen molar-refractivity contribution in [3.05, 3.63) is 0 Å². The molecule has 2 rings (SSSR count). The molecule has 0 aromatic rings. The van der Waals surface area contributed by atoms with Crippen LogP contribution in [0.3, 0.4) is 0 Å². The van der Waals surface area contributed by atoms with E-state index in [2.05, 4.69) is 43.3 Å². The minimum absolute atomic E-state index is 0.198. The summed E-state index contributed by atoms with van der Waals surface area (Å²) in [5.74, 6) is 1.60. The third-order valence-electron chi connectivity index (χ3n) is 5.49. The van der Waals surface area contributed by atoms with Crippen molar-refractivity contribution in [3.8, 4) is 0 Å². The molecule has 2 N–H and O–H groups in total. The second-order valence-electron chi connectivity index (χ2n) is 7.65. The predicted molar refractivity (Wildman–Crippen MR) is 93.3 cm³/mol. The van der Waals surface area contributed by atoms with E-state index >= 15 is 0 Å². The summed E-state index contributed by atoms with van der Waals surface area (Å²) < 4.78 is 5.87. The lowest BCUT2D eigenvalue weighted by atomic mass is 9.57. The molecule has 1 heterocycles. The standard InChI is InChI=1S/C18H35N3O/c1-6-7-8-9-10-13(2)20-17(19-5)21-15-14-11-12-22-16(14)18(15,3)4/h13-16H,6-12H2,1-5H3,(H2,19,20,21). The van der Waals surface area contributed by atoms with Crippen LogP contribution in [-0.4, -0.2) is 37.8 Å². The van der Waals surface area contributed by atoms with Gasteiger partial charge in [-0.15, -0.1) is 0 Å². The fourth-order valence-electron chi connectivity index (χ4n) is 4.12. The maximum absolute atomic E-state index is 5.87. The van der Waals surface area contributed by atoms with Gasteiger partial charge in [0.2, 0.25) is 0 Å².